The number of ether oxygens (including phenoxy) is 3. The molecule has 2 rings (SSSR count). The van der Waals surface area contributed by atoms with E-state index in [1.807, 2.05) is 0 Å². The van der Waals surface area contributed by atoms with Crippen molar-refractivity contribution in [2.75, 3.05) is 0 Å². The Morgan fingerprint density at radius 2 is 1.59 bits per heavy atom. The second-order valence-electron chi connectivity index (χ2n) is 7.17. The number of carbonyl (C=O) groups excluding carboxylic acids is 2. The van der Waals surface area contributed by atoms with Crippen LogP contribution in [0.4, 0.5) is 17.6 Å². The van der Waals surface area contributed by atoms with E-state index in [1.165, 1.54) is 6.07 Å². The molecular formula is C23H24F4O5. The highest BCUT2D eigenvalue weighted by Gasteiger charge is 2.31. The molecule has 0 saturated carbocycles. The molecule has 0 N–H and O–H groups in total. The van der Waals surface area contributed by atoms with Crippen LogP contribution in [0.15, 0.2) is 42.5 Å². The molecular weight excluding hydrogens is 432 g/mol. The minimum Gasteiger partial charge on any atom is -0.459 e. The smallest absolute Gasteiger partial charge is 0.459 e. The van der Waals surface area contributed by atoms with Crippen molar-refractivity contribution in [2.24, 2.45) is 0 Å². The molecule has 0 amide bonds. The first-order chi connectivity index (χ1) is 15.1. The van der Waals surface area contributed by atoms with Crippen molar-refractivity contribution in [3.63, 3.8) is 0 Å². The number of carbonyl (C=O) groups is 2. The van der Waals surface area contributed by atoms with Gasteiger partial charge in [-0.2, -0.15) is 0 Å². The van der Waals surface area contributed by atoms with E-state index in [4.69, 9.17) is 9.47 Å². The minimum atomic E-state index is -4.85. The van der Waals surface area contributed by atoms with E-state index in [-0.39, 0.29) is 23.0 Å². The fraction of sp³-hybridized carbons (Fsp3) is 0.391. The average molecular weight is 456 g/mol. The van der Waals surface area contributed by atoms with Gasteiger partial charge in [-0.3, -0.25) is 0 Å². The Bertz CT molecular complexity index is 910. The lowest BCUT2D eigenvalue weighted by Gasteiger charge is -2.14. The number of rotatable bonds is 10. The van der Waals surface area contributed by atoms with Gasteiger partial charge in [0.1, 0.15) is 17.3 Å². The lowest BCUT2D eigenvalue weighted by molar-refractivity contribution is -0.274. The summed E-state index contributed by atoms with van der Waals surface area (Å²) in [5, 5.41) is 0. The summed E-state index contributed by atoms with van der Waals surface area (Å²) in [4.78, 5) is 24.3. The Morgan fingerprint density at radius 3 is 2.19 bits per heavy atom. The third-order valence-electron chi connectivity index (χ3n) is 4.47. The van der Waals surface area contributed by atoms with Crippen LogP contribution in [0.3, 0.4) is 0 Å². The van der Waals surface area contributed by atoms with Crippen LogP contribution in [-0.2, 0) is 4.74 Å². The van der Waals surface area contributed by atoms with Gasteiger partial charge in [0.25, 0.3) is 0 Å². The summed E-state index contributed by atoms with van der Waals surface area (Å²) in [6.07, 6.45) is -0.408. The molecule has 32 heavy (non-hydrogen) atoms. The third kappa shape index (κ3) is 8.20. The predicted octanol–water partition coefficient (Wildman–Crippen LogP) is 6.46. The first-order valence-electron chi connectivity index (χ1n) is 10.2. The SMILES string of the molecule is CCCCCCC(C)OC(=O)c1ccc(OC(=O)c2ccc(OC(F)(F)F)cc2)cc1F. The summed E-state index contributed by atoms with van der Waals surface area (Å²) in [6.45, 7) is 3.83. The molecule has 0 saturated heterocycles. The van der Waals surface area contributed by atoms with Gasteiger partial charge < -0.3 is 14.2 Å². The number of benzene rings is 2. The van der Waals surface area contributed by atoms with Crippen LogP contribution in [0.2, 0.25) is 0 Å². The molecule has 174 valence electrons. The van der Waals surface area contributed by atoms with Gasteiger partial charge in [0.05, 0.1) is 17.2 Å². The number of halogens is 4. The van der Waals surface area contributed by atoms with E-state index in [9.17, 15) is 27.2 Å². The molecule has 2 aromatic rings. The molecule has 2 aromatic carbocycles. The number of alkyl halides is 3. The predicted molar refractivity (Wildman–Crippen MR) is 108 cm³/mol. The average Bonchev–Trinajstić information content (AvgIpc) is 2.70. The van der Waals surface area contributed by atoms with E-state index in [1.54, 1.807) is 6.92 Å². The maximum atomic E-state index is 14.4. The molecule has 9 heteroatoms. The highest BCUT2D eigenvalue weighted by molar-refractivity contribution is 5.92. The second kappa shape index (κ2) is 11.5. The van der Waals surface area contributed by atoms with Gasteiger partial charge >= 0.3 is 18.3 Å². The van der Waals surface area contributed by atoms with E-state index in [2.05, 4.69) is 11.7 Å². The normalized spacial score (nSPS) is 12.2. The van der Waals surface area contributed by atoms with Crippen molar-refractivity contribution in [2.45, 2.75) is 58.4 Å². The molecule has 1 unspecified atom stereocenters. The first-order valence-corrected chi connectivity index (χ1v) is 10.2. The van der Waals surface area contributed by atoms with Crippen LogP contribution in [-0.4, -0.2) is 24.4 Å². The Labute approximate surface area is 183 Å². The zero-order valence-corrected chi connectivity index (χ0v) is 17.7. The zero-order chi connectivity index (χ0) is 23.7. The summed E-state index contributed by atoms with van der Waals surface area (Å²) >= 11 is 0. The highest BCUT2D eigenvalue weighted by Crippen LogP contribution is 2.24. The summed E-state index contributed by atoms with van der Waals surface area (Å²) < 4.78 is 64.9. The highest BCUT2D eigenvalue weighted by atomic mass is 19.4. The Morgan fingerprint density at radius 1 is 0.938 bits per heavy atom. The minimum absolute atomic E-state index is 0.0692. The molecule has 0 spiro atoms. The van der Waals surface area contributed by atoms with Gasteiger partial charge in [0.2, 0.25) is 0 Å². The maximum Gasteiger partial charge on any atom is 0.573 e. The lowest BCUT2D eigenvalue weighted by Crippen LogP contribution is -2.17. The number of esters is 2. The number of hydrogen-bond acceptors (Lipinski definition) is 5. The summed E-state index contributed by atoms with van der Waals surface area (Å²) in [5.41, 5.74) is -0.362. The molecule has 0 radical (unpaired) electrons. The van der Waals surface area contributed by atoms with E-state index >= 15 is 0 Å². The van der Waals surface area contributed by atoms with Crippen LogP contribution in [0.1, 0.15) is 66.7 Å². The van der Waals surface area contributed by atoms with Crippen LogP contribution in [0, 0.1) is 5.82 Å². The molecule has 0 aliphatic carbocycles. The van der Waals surface area contributed by atoms with Gasteiger partial charge in [0, 0.05) is 6.07 Å². The van der Waals surface area contributed by atoms with Crippen molar-refractivity contribution in [3.05, 3.63) is 59.4 Å². The summed E-state index contributed by atoms with van der Waals surface area (Å²) in [7, 11) is 0. The first kappa shape index (κ1) is 25.2. The summed E-state index contributed by atoms with van der Waals surface area (Å²) in [6, 6.07) is 7.29. The van der Waals surface area contributed by atoms with Gasteiger partial charge in [-0.15, -0.1) is 13.2 Å². The third-order valence-corrected chi connectivity index (χ3v) is 4.47. The molecule has 0 heterocycles. The van der Waals surface area contributed by atoms with Crippen LogP contribution in [0.5, 0.6) is 11.5 Å². The molecule has 0 aromatic heterocycles. The largest absolute Gasteiger partial charge is 0.573 e. The Balaban J connectivity index is 1.95. The Kier molecular flexibility index (Phi) is 9.04. The van der Waals surface area contributed by atoms with E-state index in [0.29, 0.717) is 6.42 Å². The summed E-state index contributed by atoms with van der Waals surface area (Å²) in [5.74, 6) is -3.33. The molecule has 0 aliphatic rings. The van der Waals surface area contributed by atoms with Crippen molar-refractivity contribution in [1.82, 2.24) is 0 Å². The standard InChI is InChI=1S/C23H24F4O5/c1-3-4-5-6-7-15(2)30-22(29)19-13-12-18(14-20(19)24)31-21(28)16-8-10-17(11-9-16)32-23(25,26)27/h8-15H,3-7H2,1-2H3. The van der Waals surface area contributed by atoms with Crippen LogP contribution < -0.4 is 9.47 Å². The number of unbranched alkanes of at least 4 members (excludes halogenated alkanes) is 3. The monoisotopic (exact) mass is 456 g/mol. The van der Waals surface area contributed by atoms with Gasteiger partial charge in [-0.25, -0.2) is 14.0 Å². The van der Waals surface area contributed by atoms with Crippen LogP contribution >= 0.6 is 0 Å². The lowest BCUT2D eigenvalue weighted by atomic mass is 10.1. The molecule has 1 atom stereocenters. The van der Waals surface area contributed by atoms with Crippen molar-refractivity contribution in [1.29, 1.82) is 0 Å². The van der Waals surface area contributed by atoms with Gasteiger partial charge in [-0.1, -0.05) is 26.2 Å². The quantitative estimate of drug-likeness (QED) is 0.178. The van der Waals surface area contributed by atoms with Gasteiger partial charge in [-0.05, 0) is 56.2 Å². The molecule has 0 fully saturated rings. The molecule has 0 aliphatic heterocycles. The maximum absolute atomic E-state index is 14.4. The zero-order valence-electron chi connectivity index (χ0n) is 17.7. The van der Waals surface area contributed by atoms with Crippen LogP contribution in [0.25, 0.3) is 0 Å². The van der Waals surface area contributed by atoms with E-state index in [0.717, 1.165) is 62.1 Å². The fourth-order valence-electron chi connectivity index (χ4n) is 2.85. The molecule has 0 bridgehead atoms. The van der Waals surface area contributed by atoms with Crippen molar-refractivity contribution in [3.8, 4) is 11.5 Å². The fourth-order valence-corrected chi connectivity index (χ4v) is 2.85. The second-order valence-corrected chi connectivity index (χ2v) is 7.17. The topological polar surface area (TPSA) is 61.8 Å². The van der Waals surface area contributed by atoms with Gasteiger partial charge in [0.15, 0.2) is 0 Å². The van der Waals surface area contributed by atoms with E-state index < -0.39 is 29.9 Å². The Hall–Kier alpha value is -3.10. The van der Waals surface area contributed by atoms with Crippen molar-refractivity contribution >= 4 is 11.9 Å². The molecule has 5 nitrogen and oxygen atoms in total. The van der Waals surface area contributed by atoms with Crippen molar-refractivity contribution < 1.29 is 41.4 Å². The number of hydrogen-bond donors (Lipinski definition) is 0.